The summed E-state index contributed by atoms with van der Waals surface area (Å²) in [6.07, 6.45) is 1.43. The number of ether oxygens (including phenoxy) is 2. The fourth-order valence-electron chi connectivity index (χ4n) is 4.69. The predicted molar refractivity (Wildman–Crippen MR) is 148 cm³/mol. The van der Waals surface area contributed by atoms with E-state index in [1.165, 1.54) is 12.3 Å². The number of carbonyl (C=O) groups is 1. The Morgan fingerprint density at radius 2 is 1.62 bits per heavy atom. The molecule has 0 aliphatic carbocycles. The third kappa shape index (κ3) is 6.78. The van der Waals surface area contributed by atoms with E-state index in [1.54, 1.807) is 6.07 Å². The van der Waals surface area contributed by atoms with Crippen molar-refractivity contribution >= 4 is 34.3 Å². The summed E-state index contributed by atoms with van der Waals surface area (Å²) in [6, 6.07) is 12.8. The Bertz CT molecular complexity index is 1310. The normalized spacial score (nSPS) is 16.7. The molecule has 39 heavy (non-hydrogen) atoms. The number of nitrogens with one attached hydrogen (secondary N) is 1. The first kappa shape index (κ1) is 27.2. The number of hydrogen-bond donors (Lipinski definition) is 2. The zero-order valence-corrected chi connectivity index (χ0v) is 22.3. The van der Waals surface area contributed by atoms with Gasteiger partial charge in [-0.25, -0.2) is 4.98 Å². The van der Waals surface area contributed by atoms with Crippen LogP contribution in [-0.4, -0.2) is 77.2 Å². The lowest BCUT2D eigenvalue weighted by atomic mass is 9.98. The molecule has 2 aromatic heterocycles. The van der Waals surface area contributed by atoms with Gasteiger partial charge < -0.3 is 34.9 Å². The molecule has 4 heterocycles. The second kappa shape index (κ2) is 12.6. The number of amides is 1. The fraction of sp³-hybridized carbons (Fsp3) is 0.370. The Labute approximate surface area is 229 Å². The highest BCUT2D eigenvalue weighted by Crippen LogP contribution is 2.33. The summed E-state index contributed by atoms with van der Waals surface area (Å²) >= 11 is -2.29. The first-order valence-corrected chi connectivity index (χ1v) is 14.1. The lowest BCUT2D eigenvalue weighted by Gasteiger charge is -2.32. The van der Waals surface area contributed by atoms with E-state index in [2.05, 4.69) is 32.2 Å². The summed E-state index contributed by atoms with van der Waals surface area (Å²) in [5, 5.41) is 2.93. The van der Waals surface area contributed by atoms with E-state index in [-0.39, 0.29) is 11.7 Å². The van der Waals surface area contributed by atoms with Crippen molar-refractivity contribution in [3.63, 3.8) is 0 Å². The van der Waals surface area contributed by atoms with Gasteiger partial charge in [0.15, 0.2) is 0 Å². The first-order chi connectivity index (χ1) is 19.0. The number of pyridine rings is 2. The highest BCUT2D eigenvalue weighted by molar-refractivity contribution is 7.78. The Hall–Kier alpha value is -3.42. The number of morpholine rings is 2. The van der Waals surface area contributed by atoms with Crippen molar-refractivity contribution in [2.75, 3.05) is 67.7 Å². The Kier molecular flexibility index (Phi) is 8.79. The molecule has 0 radical (unpaired) electrons. The second-order valence-corrected chi connectivity index (χ2v) is 10.2. The average Bonchev–Trinajstić information content (AvgIpc) is 2.97. The lowest BCUT2D eigenvalue weighted by Crippen LogP contribution is -2.39. The number of benzene rings is 1. The van der Waals surface area contributed by atoms with Gasteiger partial charge in [-0.1, -0.05) is 6.07 Å². The van der Waals surface area contributed by atoms with Crippen molar-refractivity contribution < 1.29 is 23.0 Å². The average molecular weight is 552 g/mol. The van der Waals surface area contributed by atoms with Gasteiger partial charge in [-0.2, -0.15) is 0 Å². The first-order valence-electron chi connectivity index (χ1n) is 12.8. The maximum absolute atomic E-state index is 13.0. The summed E-state index contributed by atoms with van der Waals surface area (Å²) in [5.41, 5.74) is 10.1. The zero-order chi connectivity index (χ0) is 27.2. The molecule has 0 saturated carbocycles. The van der Waals surface area contributed by atoms with Crippen molar-refractivity contribution in [2.45, 2.75) is 12.3 Å². The van der Waals surface area contributed by atoms with Gasteiger partial charge in [-0.15, -0.1) is 0 Å². The number of carbonyl (C=O) groups excluding carboxylic acids is 1. The molecule has 5 rings (SSSR count). The number of hydrogen-bond acceptors (Lipinski definition) is 10. The van der Waals surface area contributed by atoms with Crippen LogP contribution in [0, 0.1) is 0 Å². The molecule has 1 aromatic carbocycles. The zero-order valence-electron chi connectivity index (χ0n) is 21.5. The van der Waals surface area contributed by atoms with E-state index in [1.807, 2.05) is 18.2 Å². The van der Waals surface area contributed by atoms with Gasteiger partial charge >= 0.3 is 0 Å². The van der Waals surface area contributed by atoms with Crippen LogP contribution in [0.25, 0.3) is 11.1 Å². The molecule has 2 fully saturated rings. The molecule has 12 heteroatoms. The summed E-state index contributed by atoms with van der Waals surface area (Å²) in [7, 11) is 0. The van der Waals surface area contributed by atoms with Crippen LogP contribution in [0.5, 0.6) is 0 Å². The maximum Gasteiger partial charge on any atom is 0.255 e. The summed E-state index contributed by atoms with van der Waals surface area (Å²) in [6.45, 7) is 5.95. The number of aromatic nitrogens is 2. The molecule has 0 spiro atoms. The van der Waals surface area contributed by atoms with E-state index >= 15 is 0 Å². The third-order valence-corrected chi connectivity index (χ3v) is 7.24. The Morgan fingerprint density at radius 3 is 2.21 bits per heavy atom. The largest absolute Gasteiger partial charge is 0.772 e. The molecule has 3 aromatic rings. The van der Waals surface area contributed by atoms with Gasteiger partial charge in [0, 0.05) is 50.2 Å². The molecule has 0 bridgehead atoms. The van der Waals surface area contributed by atoms with E-state index in [4.69, 9.17) is 20.2 Å². The Morgan fingerprint density at radius 1 is 0.974 bits per heavy atom. The maximum atomic E-state index is 13.0. The third-order valence-electron chi connectivity index (χ3n) is 6.71. The van der Waals surface area contributed by atoms with Crippen molar-refractivity contribution in [2.24, 2.45) is 5.73 Å². The van der Waals surface area contributed by atoms with Crippen LogP contribution >= 0.6 is 0 Å². The minimum Gasteiger partial charge on any atom is -0.772 e. The van der Waals surface area contributed by atoms with Gasteiger partial charge in [0.05, 0.1) is 37.9 Å². The smallest absolute Gasteiger partial charge is 0.255 e. The van der Waals surface area contributed by atoms with Crippen LogP contribution in [-0.2, 0) is 32.9 Å². The molecule has 206 valence electrons. The fourth-order valence-corrected chi connectivity index (χ4v) is 5.09. The molecule has 2 aliphatic rings. The van der Waals surface area contributed by atoms with Crippen molar-refractivity contribution in [1.29, 1.82) is 0 Å². The lowest BCUT2D eigenvalue weighted by molar-refractivity contribution is 0.102. The molecule has 2 aliphatic heterocycles. The molecule has 3 N–H and O–H groups in total. The number of nitrogens with two attached hydrogens (primary N) is 1. The van der Waals surface area contributed by atoms with Gasteiger partial charge in [0.1, 0.15) is 11.6 Å². The topological polar surface area (TPSA) is 146 Å². The van der Waals surface area contributed by atoms with E-state index in [0.29, 0.717) is 49.9 Å². The Balaban J connectivity index is 1.48. The highest BCUT2D eigenvalue weighted by Gasteiger charge is 2.20. The second-order valence-electron chi connectivity index (χ2n) is 9.29. The highest BCUT2D eigenvalue weighted by atomic mass is 32.2. The molecule has 1 unspecified atom stereocenters. The molecular formula is C27H31N6O5S-. The van der Waals surface area contributed by atoms with Crippen LogP contribution in [0.1, 0.15) is 21.6 Å². The van der Waals surface area contributed by atoms with E-state index in [0.717, 1.165) is 54.5 Å². The minimum absolute atomic E-state index is 0.255. The van der Waals surface area contributed by atoms with Crippen molar-refractivity contribution in [3.05, 3.63) is 65.5 Å². The summed E-state index contributed by atoms with van der Waals surface area (Å²) in [4.78, 5) is 26.5. The molecule has 2 saturated heterocycles. The molecule has 1 amide bonds. The number of rotatable bonds is 8. The van der Waals surface area contributed by atoms with Crippen molar-refractivity contribution in [1.82, 2.24) is 9.97 Å². The number of nitrogens with zero attached hydrogens (tertiary/aromatic N) is 4. The van der Waals surface area contributed by atoms with Gasteiger partial charge in [0.2, 0.25) is 0 Å². The van der Waals surface area contributed by atoms with Crippen LogP contribution in [0.3, 0.4) is 0 Å². The van der Waals surface area contributed by atoms with Gasteiger partial charge in [0.25, 0.3) is 5.91 Å². The summed E-state index contributed by atoms with van der Waals surface area (Å²) in [5.74, 6) is 1.12. The summed E-state index contributed by atoms with van der Waals surface area (Å²) < 4.78 is 33.2. The van der Waals surface area contributed by atoms with Gasteiger partial charge in [-0.3, -0.25) is 14.0 Å². The van der Waals surface area contributed by atoms with Crippen LogP contribution in [0.15, 0.2) is 48.7 Å². The van der Waals surface area contributed by atoms with Crippen LogP contribution in [0.2, 0.25) is 0 Å². The number of anilines is 3. The predicted octanol–water partition coefficient (Wildman–Crippen LogP) is 1.91. The monoisotopic (exact) mass is 551 g/mol. The molecule has 1 atom stereocenters. The SMILES string of the molecule is NCc1ccc(NC(=O)c2ccnc(CS(=O)[O-])c2)cc1-c1cc(N2CCOCC2)nc(N2CCOCC2)c1. The minimum atomic E-state index is -2.29. The standard InChI is InChI=1S/C27H32N6O5S/c28-17-20-1-2-22(30-27(34)19-3-4-29-23(13-19)18-39(35)36)16-24(20)21-14-25(32-5-9-37-10-6-32)31-26(15-21)33-7-11-38-12-8-33/h1-4,13-16H,5-12,17-18,28H2,(H,30,34)(H,35,36)/p-1. The molecule has 11 nitrogen and oxygen atoms in total. The van der Waals surface area contributed by atoms with Gasteiger partial charge in [-0.05, 0) is 64.2 Å². The quantitative estimate of drug-likeness (QED) is 0.398. The van der Waals surface area contributed by atoms with E-state index in [9.17, 15) is 13.6 Å². The van der Waals surface area contributed by atoms with Crippen LogP contribution in [0.4, 0.5) is 17.3 Å². The van der Waals surface area contributed by atoms with Crippen molar-refractivity contribution in [3.8, 4) is 11.1 Å². The molecular weight excluding hydrogens is 520 g/mol. The van der Waals surface area contributed by atoms with E-state index < -0.39 is 11.1 Å². The van der Waals surface area contributed by atoms with Crippen LogP contribution < -0.4 is 20.9 Å².